The number of rotatable bonds is 7. The number of carbonyl (C=O) groups is 1. The van der Waals surface area contributed by atoms with Crippen LogP contribution >= 0.6 is 11.6 Å². The van der Waals surface area contributed by atoms with Crippen molar-refractivity contribution < 1.29 is 4.79 Å². The van der Waals surface area contributed by atoms with Crippen molar-refractivity contribution in [2.45, 2.75) is 51.6 Å². The Morgan fingerprint density at radius 1 is 0.944 bits per heavy atom. The Bertz CT molecular complexity index is 1020. The Labute approximate surface area is 222 Å². The van der Waals surface area contributed by atoms with Crippen LogP contribution in [-0.4, -0.2) is 79.0 Å². The number of carbonyl (C=O) groups excluding carboxylic acids is 1. The molecule has 1 amide bonds. The number of benzene rings is 2. The quantitative estimate of drug-likeness (QED) is 0.522. The average molecular weight is 509 g/mol. The molecule has 3 aliphatic rings. The molecule has 2 aromatic carbocycles. The Hall–Kier alpha value is -2.08. The van der Waals surface area contributed by atoms with Gasteiger partial charge in [0, 0.05) is 62.4 Å². The highest BCUT2D eigenvalue weighted by atomic mass is 35.5. The van der Waals surface area contributed by atoms with E-state index in [1.54, 1.807) is 0 Å². The molecule has 0 N–H and O–H groups in total. The molecule has 0 saturated carbocycles. The second kappa shape index (κ2) is 12.0. The maximum atomic E-state index is 13.3. The average Bonchev–Trinajstić information content (AvgIpc) is 3.43. The van der Waals surface area contributed by atoms with E-state index in [-0.39, 0.29) is 0 Å². The molecule has 3 saturated heterocycles. The van der Waals surface area contributed by atoms with E-state index in [2.05, 4.69) is 62.9 Å². The molecule has 5 nitrogen and oxygen atoms in total. The maximum absolute atomic E-state index is 13.3. The molecule has 6 heteroatoms. The number of hydrogen-bond donors (Lipinski definition) is 0. The van der Waals surface area contributed by atoms with Crippen molar-refractivity contribution in [3.05, 3.63) is 64.7 Å². The second-order valence-electron chi connectivity index (χ2n) is 10.9. The number of piperazine rings is 1. The summed E-state index contributed by atoms with van der Waals surface area (Å²) in [6.45, 7) is 11.3. The van der Waals surface area contributed by atoms with E-state index in [1.165, 1.54) is 49.2 Å². The van der Waals surface area contributed by atoms with E-state index in [4.69, 9.17) is 11.6 Å². The van der Waals surface area contributed by atoms with Gasteiger partial charge in [-0.3, -0.25) is 9.69 Å². The predicted molar refractivity (Wildman–Crippen MR) is 149 cm³/mol. The first-order valence-electron chi connectivity index (χ1n) is 13.9. The van der Waals surface area contributed by atoms with Crippen LogP contribution in [0.2, 0.25) is 5.02 Å². The zero-order valence-electron chi connectivity index (χ0n) is 21.7. The van der Waals surface area contributed by atoms with Crippen molar-refractivity contribution in [3.63, 3.8) is 0 Å². The Balaban J connectivity index is 1.16. The number of nitrogens with zero attached hydrogens (tertiary/aromatic N) is 4. The van der Waals surface area contributed by atoms with Gasteiger partial charge in [0.1, 0.15) is 0 Å². The maximum Gasteiger partial charge on any atom is 0.222 e. The smallest absolute Gasteiger partial charge is 0.222 e. The van der Waals surface area contributed by atoms with E-state index >= 15 is 0 Å². The van der Waals surface area contributed by atoms with Gasteiger partial charge in [-0.25, -0.2) is 0 Å². The van der Waals surface area contributed by atoms with Gasteiger partial charge in [0.15, 0.2) is 0 Å². The highest BCUT2D eigenvalue weighted by Crippen LogP contribution is 2.30. The van der Waals surface area contributed by atoms with Crippen LogP contribution < -0.4 is 4.90 Å². The summed E-state index contributed by atoms with van der Waals surface area (Å²) >= 11 is 6.24. The standard InChI is InChI=1S/C30H41ClN4O/c1-24-7-2-3-10-28(24)34-17-19-35(20-18-34)30(36)12-11-26-23-32(22-25-8-6-9-27(31)21-25)16-13-29(26)33-14-4-5-15-33/h2-3,6-10,21,26,29H,4-5,11-20,22-23H2,1H3/t26-,29+/m1/s1. The number of likely N-dealkylation sites (tertiary alicyclic amines) is 2. The lowest BCUT2D eigenvalue weighted by molar-refractivity contribution is -0.132. The van der Waals surface area contributed by atoms with Crippen LogP contribution in [0.3, 0.4) is 0 Å². The van der Waals surface area contributed by atoms with E-state index in [0.29, 0.717) is 24.3 Å². The molecule has 2 atom stereocenters. The van der Waals surface area contributed by atoms with Gasteiger partial charge < -0.3 is 14.7 Å². The van der Waals surface area contributed by atoms with Crippen LogP contribution in [0.25, 0.3) is 0 Å². The van der Waals surface area contributed by atoms with Crippen LogP contribution in [0.1, 0.15) is 43.2 Å². The van der Waals surface area contributed by atoms with Gasteiger partial charge in [0.25, 0.3) is 0 Å². The summed E-state index contributed by atoms with van der Waals surface area (Å²) in [6.07, 6.45) is 5.50. The zero-order valence-corrected chi connectivity index (χ0v) is 22.5. The fraction of sp³-hybridized carbons (Fsp3) is 0.567. The lowest BCUT2D eigenvalue weighted by atomic mass is 9.86. The van der Waals surface area contributed by atoms with Crippen molar-refractivity contribution in [1.29, 1.82) is 0 Å². The summed E-state index contributed by atoms with van der Waals surface area (Å²) in [5, 5.41) is 0.809. The number of aryl methyl sites for hydroxylation is 1. The molecule has 36 heavy (non-hydrogen) atoms. The summed E-state index contributed by atoms with van der Waals surface area (Å²) in [5.41, 5.74) is 3.90. The molecule has 0 bridgehead atoms. The van der Waals surface area contributed by atoms with E-state index < -0.39 is 0 Å². The van der Waals surface area contributed by atoms with Crippen LogP contribution in [0.15, 0.2) is 48.5 Å². The van der Waals surface area contributed by atoms with Gasteiger partial charge >= 0.3 is 0 Å². The van der Waals surface area contributed by atoms with Crippen molar-refractivity contribution in [2.75, 3.05) is 57.3 Å². The molecule has 194 valence electrons. The minimum atomic E-state index is 0.339. The summed E-state index contributed by atoms with van der Waals surface area (Å²) < 4.78 is 0. The topological polar surface area (TPSA) is 30.0 Å². The number of piperidine rings is 1. The minimum Gasteiger partial charge on any atom is -0.368 e. The fourth-order valence-electron chi connectivity index (χ4n) is 6.55. The molecule has 0 radical (unpaired) electrons. The Morgan fingerprint density at radius 2 is 1.72 bits per heavy atom. The van der Waals surface area contributed by atoms with Gasteiger partial charge in [-0.05, 0) is 87.5 Å². The summed E-state index contributed by atoms with van der Waals surface area (Å²) in [5.74, 6) is 0.889. The molecule has 0 unspecified atom stereocenters. The molecule has 2 aromatic rings. The highest BCUT2D eigenvalue weighted by Gasteiger charge is 2.35. The van der Waals surface area contributed by atoms with Crippen molar-refractivity contribution in [3.8, 4) is 0 Å². The molecule has 0 aromatic heterocycles. The number of para-hydroxylation sites is 1. The van der Waals surface area contributed by atoms with Crippen molar-refractivity contribution >= 4 is 23.2 Å². The van der Waals surface area contributed by atoms with Crippen molar-refractivity contribution in [2.24, 2.45) is 5.92 Å². The first-order valence-corrected chi connectivity index (χ1v) is 14.2. The summed E-state index contributed by atoms with van der Waals surface area (Å²) in [7, 11) is 0. The molecule has 3 fully saturated rings. The monoisotopic (exact) mass is 508 g/mol. The zero-order chi connectivity index (χ0) is 24.9. The molecular weight excluding hydrogens is 468 g/mol. The third-order valence-corrected chi connectivity index (χ3v) is 8.74. The Morgan fingerprint density at radius 3 is 2.47 bits per heavy atom. The molecular formula is C30H41ClN4O. The van der Waals surface area contributed by atoms with Gasteiger partial charge in [-0.2, -0.15) is 0 Å². The van der Waals surface area contributed by atoms with Crippen LogP contribution in [0, 0.1) is 12.8 Å². The van der Waals surface area contributed by atoms with E-state index in [0.717, 1.165) is 57.3 Å². The number of anilines is 1. The van der Waals surface area contributed by atoms with Crippen LogP contribution in [-0.2, 0) is 11.3 Å². The predicted octanol–water partition coefficient (Wildman–Crippen LogP) is 5.06. The van der Waals surface area contributed by atoms with E-state index in [9.17, 15) is 4.79 Å². The van der Waals surface area contributed by atoms with Gasteiger partial charge in [0.05, 0.1) is 0 Å². The van der Waals surface area contributed by atoms with E-state index in [1.807, 2.05) is 12.1 Å². The first-order chi connectivity index (χ1) is 17.6. The molecule has 3 heterocycles. The Kier molecular flexibility index (Phi) is 8.51. The third kappa shape index (κ3) is 6.24. The second-order valence-corrected chi connectivity index (χ2v) is 11.4. The molecule has 3 aliphatic heterocycles. The fourth-order valence-corrected chi connectivity index (χ4v) is 6.76. The number of hydrogen-bond acceptors (Lipinski definition) is 4. The van der Waals surface area contributed by atoms with Gasteiger partial charge in [-0.1, -0.05) is 41.9 Å². The van der Waals surface area contributed by atoms with Crippen LogP contribution in [0.4, 0.5) is 5.69 Å². The first kappa shape index (κ1) is 25.6. The van der Waals surface area contributed by atoms with Gasteiger partial charge in [0.2, 0.25) is 5.91 Å². The van der Waals surface area contributed by atoms with Crippen molar-refractivity contribution in [1.82, 2.24) is 14.7 Å². The number of halogens is 1. The number of amides is 1. The summed E-state index contributed by atoms with van der Waals surface area (Å²) in [6, 6.07) is 17.4. The molecule has 5 rings (SSSR count). The van der Waals surface area contributed by atoms with Gasteiger partial charge in [-0.15, -0.1) is 0 Å². The largest absolute Gasteiger partial charge is 0.368 e. The highest BCUT2D eigenvalue weighted by molar-refractivity contribution is 6.30. The summed E-state index contributed by atoms with van der Waals surface area (Å²) in [4.78, 5) is 23.1. The normalized spacial score (nSPS) is 23.8. The SMILES string of the molecule is Cc1ccccc1N1CCN(C(=O)CC[C@@H]2CN(Cc3cccc(Cl)c3)CC[C@@H]2N2CCCC2)CC1. The minimum absolute atomic E-state index is 0.339. The molecule has 0 spiro atoms. The molecule has 0 aliphatic carbocycles. The lowest BCUT2D eigenvalue weighted by Crippen LogP contribution is -2.51. The third-order valence-electron chi connectivity index (χ3n) is 8.50. The lowest BCUT2D eigenvalue weighted by Gasteiger charge is -2.43. The van der Waals surface area contributed by atoms with Crippen LogP contribution in [0.5, 0.6) is 0 Å².